The molecule has 6 heteroatoms. The minimum atomic E-state index is -1.49. The first-order valence-electron chi connectivity index (χ1n) is 4.36. The van der Waals surface area contributed by atoms with E-state index in [2.05, 4.69) is 0 Å². The molecule has 5 nitrogen and oxygen atoms in total. The Morgan fingerprint density at radius 1 is 1.12 bits per heavy atom. The van der Waals surface area contributed by atoms with E-state index in [9.17, 15) is 12.7 Å². The lowest BCUT2D eigenvalue weighted by molar-refractivity contribution is -0.137. The van der Waals surface area contributed by atoms with Crippen LogP contribution in [0.3, 0.4) is 0 Å². The van der Waals surface area contributed by atoms with Crippen molar-refractivity contribution >= 4 is 33.1 Å². The third kappa shape index (κ3) is 3.37. The van der Waals surface area contributed by atoms with Gasteiger partial charge >= 0.3 is 11.9 Å². The lowest BCUT2D eigenvalue weighted by Gasteiger charge is -2.07. The number of hydrogen-bond donors (Lipinski definition) is 2. The van der Waals surface area contributed by atoms with Crippen molar-refractivity contribution in [3.05, 3.63) is 32.9 Å². The molecule has 2 N–H and O–H groups in total. The molecule has 86 valence electrons. The largest absolute Gasteiger partial charge is 0.481 e. The van der Waals surface area contributed by atoms with Gasteiger partial charge in [0.15, 0.2) is 21.2 Å². The van der Waals surface area contributed by atoms with Crippen molar-refractivity contribution in [2.75, 3.05) is 0 Å². The molecule has 1 aromatic carbocycles. The van der Waals surface area contributed by atoms with Gasteiger partial charge in [-0.1, -0.05) is 12.1 Å². The first-order chi connectivity index (χ1) is 7.54. The smallest absolute Gasteiger partial charge is 0.307 e. The van der Waals surface area contributed by atoms with Crippen LogP contribution in [0.4, 0.5) is 0 Å². The summed E-state index contributed by atoms with van der Waals surface area (Å²) in [5, 5.41) is 17.4. The van der Waals surface area contributed by atoms with Crippen molar-refractivity contribution in [1.29, 1.82) is 0 Å². The van der Waals surface area contributed by atoms with Gasteiger partial charge in [0.1, 0.15) is 0 Å². The van der Waals surface area contributed by atoms with Gasteiger partial charge in [-0.15, -0.1) is 0 Å². The Balaban J connectivity index is 3.19. The maximum absolute atomic E-state index is 10.9. The monoisotopic (exact) mass is 336 g/mol. The molecule has 1 rings (SSSR count). The highest BCUT2D eigenvalue weighted by Crippen LogP contribution is 2.21. The van der Waals surface area contributed by atoms with E-state index in [0.717, 1.165) is 0 Å². The molecule has 0 saturated carbocycles. The summed E-state index contributed by atoms with van der Waals surface area (Å²) >= 11 is -1.49. The maximum atomic E-state index is 10.9. The number of carbonyl (C=O) groups is 2. The molecular weight excluding hydrogens is 327 g/mol. The lowest BCUT2D eigenvalue weighted by atomic mass is 10.0. The zero-order chi connectivity index (χ0) is 12.1. The Labute approximate surface area is 102 Å². The molecule has 0 bridgehead atoms. The molecule has 0 aliphatic rings. The third-order valence-electron chi connectivity index (χ3n) is 1.97. The van der Waals surface area contributed by atoms with Crippen LogP contribution in [0.5, 0.6) is 0 Å². The van der Waals surface area contributed by atoms with Gasteiger partial charge in [-0.2, -0.15) is 0 Å². The molecule has 0 atom stereocenters. The molecule has 0 aromatic heterocycles. The van der Waals surface area contributed by atoms with E-state index < -0.39 is 33.1 Å². The van der Waals surface area contributed by atoms with Crippen LogP contribution in [-0.2, 0) is 25.5 Å². The summed E-state index contributed by atoms with van der Waals surface area (Å²) in [6.07, 6.45) is -0.541. The number of carboxylic acid groups (broad SMARTS) is 2. The van der Waals surface area contributed by atoms with Crippen LogP contribution in [0.25, 0.3) is 0 Å². The van der Waals surface area contributed by atoms with Gasteiger partial charge in [0.2, 0.25) is 0 Å². The van der Waals surface area contributed by atoms with Crippen molar-refractivity contribution in [2.45, 2.75) is 12.8 Å². The molecule has 1 aromatic rings. The molecule has 0 unspecified atom stereocenters. The molecule has 16 heavy (non-hydrogen) atoms. The van der Waals surface area contributed by atoms with Crippen molar-refractivity contribution in [2.24, 2.45) is 0 Å². The molecule has 0 heterocycles. The topological polar surface area (TPSA) is 91.7 Å². The average Bonchev–Trinajstić information content (AvgIpc) is 2.19. The van der Waals surface area contributed by atoms with Crippen LogP contribution in [0.15, 0.2) is 18.2 Å². The van der Waals surface area contributed by atoms with Crippen molar-refractivity contribution in [3.8, 4) is 0 Å². The molecule has 0 fully saturated rings. The molecule has 0 amide bonds. The third-order valence-corrected chi connectivity index (χ3v) is 3.45. The number of halogens is 1. The first kappa shape index (κ1) is 12.8. The molecule has 0 aliphatic heterocycles. The average molecular weight is 336 g/mol. The van der Waals surface area contributed by atoms with Crippen molar-refractivity contribution in [3.63, 3.8) is 0 Å². The highest BCUT2D eigenvalue weighted by atomic mass is 127. The Morgan fingerprint density at radius 2 is 1.75 bits per heavy atom. The van der Waals surface area contributed by atoms with Gasteiger partial charge in [-0.05, 0) is 17.2 Å². The van der Waals surface area contributed by atoms with Crippen LogP contribution in [0.2, 0.25) is 0 Å². The molecule has 0 spiro atoms. The Hall–Kier alpha value is -1.31. The standard InChI is InChI=1S/C10H9IO5/c12-9(13)4-6-2-1-3-8(11-16)7(6)5-10(14)15/h1-3H,4-5H2,(H,12,13)(H,14,15). The predicted molar refractivity (Wildman–Crippen MR) is 62.5 cm³/mol. The summed E-state index contributed by atoms with van der Waals surface area (Å²) in [4.78, 5) is 21.2. The fraction of sp³-hybridized carbons (Fsp3) is 0.200. The highest BCUT2D eigenvalue weighted by molar-refractivity contribution is 14.1. The minimum Gasteiger partial charge on any atom is -0.481 e. The molecular formula is C10H9IO5. The van der Waals surface area contributed by atoms with Gasteiger partial charge in [-0.3, -0.25) is 12.7 Å². The van der Waals surface area contributed by atoms with Crippen LogP contribution in [0, 0.1) is 3.57 Å². The molecule has 0 aliphatic carbocycles. The van der Waals surface area contributed by atoms with Crippen LogP contribution in [0.1, 0.15) is 11.1 Å². The molecule has 0 radical (unpaired) electrons. The minimum absolute atomic E-state index is 0.250. The fourth-order valence-corrected chi connectivity index (χ4v) is 2.51. The normalized spacial score (nSPS) is 10.0. The summed E-state index contributed by atoms with van der Waals surface area (Å²) in [6, 6.07) is 4.72. The van der Waals surface area contributed by atoms with E-state index in [1.165, 1.54) is 0 Å². The SMILES string of the molecule is O=Ic1cccc(CC(=O)O)c1CC(=O)O. The zero-order valence-electron chi connectivity index (χ0n) is 8.14. The Kier molecular flexibility index (Phi) is 4.53. The van der Waals surface area contributed by atoms with Crippen molar-refractivity contribution in [1.82, 2.24) is 0 Å². The fourth-order valence-electron chi connectivity index (χ4n) is 1.35. The van der Waals surface area contributed by atoms with Crippen LogP contribution in [-0.4, -0.2) is 22.2 Å². The summed E-state index contributed by atoms with van der Waals surface area (Å²) in [7, 11) is 0. The van der Waals surface area contributed by atoms with E-state index in [0.29, 0.717) is 14.7 Å². The van der Waals surface area contributed by atoms with E-state index in [-0.39, 0.29) is 12.8 Å². The maximum Gasteiger partial charge on any atom is 0.307 e. The summed E-state index contributed by atoms with van der Waals surface area (Å²) < 4.78 is 11.4. The van der Waals surface area contributed by atoms with E-state index in [4.69, 9.17) is 10.2 Å². The Bertz CT molecular complexity index is 441. The second-order valence-corrected chi connectivity index (χ2v) is 4.70. The highest BCUT2D eigenvalue weighted by Gasteiger charge is 2.14. The van der Waals surface area contributed by atoms with Gasteiger partial charge in [0.25, 0.3) is 0 Å². The van der Waals surface area contributed by atoms with Gasteiger partial charge < -0.3 is 10.2 Å². The van der Waals surface area contributed by atoms with E-state index >= 15 is 0 Å². The van der Waals surface area contributed by atoms with Gasteiger partial charge in [0.05, 0.1) is 16.4 Å². The summed E-state index contributed by atoms with van der Waals surface area (Å²) in [6.45, 7) is 0. The predicted octanol–water partition coefficient (Wildman–Crippen LogP) is 1.43. The van der Waals surface area contributed by atoms with Gasteiger partial charge in [-0.25, -0.2) is 0 Å². The number of benzene rings is 1. The van der Waals surface area contributed by atoms with Crippen molar-refractivity contribution < 1.29 is 22.9 Å². The van der Waals surface area contributed by atoms with Crippen LogP contribution >= 0.6 is 21.2 Å². The van der Waals surface area contributed by atoms with E-state index in [1.807, 2.05) is 0 Å². The number of aliphatic carboxylic acids is 2. The van der Waals surface area contributed by atoms with Gasteiger partial charge in [0, 0.05) is 0 Å². The quantitative estimate of drug-likeness (QED) is 0.794. The summed E-state index contributed by atoms with van der Waals surface area (Å²) in [5.74, 6) is -2.09. The Morgan fingerprint density at radius 3 is 2.25 bits per heavy atom. The summed E-state index contributed by atoms with van der Waals surface area (Å²) in [5.41, 5.74) is 0.795. The second-order valence-electron chi connectivity index (χ2n) is 3.10. The zero-order valence-corrected chi connectivity index (χ0v) is 10.3. The number of hydrogen-bond acceptors (Lipinski definition) is 3. The first-order valence-corrected chi connectivity index (χ1v) is 6.32. The number of rotatable bonds is 5. The van der Waals surface area contributed by atoms with E-state index in [1.54, 1.807) is 18.2 Å². The molecule has 0 saturated heterocycles. The lowest BCUT2D eigenvalue weighted by Crippen LogP contribution is -2.09. The number of carboxylic acids is 2. The van der Waals surface area contributed by atoms with Crippen LogP contribution < -0.4 is 0 Å². The second kappa shape index (κ2) is 5.69.